The molecule has 124 valence electrons. The van der Waals surface area contributed by atoms with Crippen molar-refractivity contribution in [1.29, 1.82) is 0 Å². The van der Waals surface area contributed by atoms with E-state index in [0.29, 0.717) is 17.5 Å². The van der Waals surface area contributed by atoms with Crippen molar-refractivity contribution in [3.05, 3.63) is 0 Å². The molecule has 0 radical (unpaired) electrons. The number of aliphatic hydroxyl groups excluding tert-OH is 1. The average molecular weight is 296 g/mol. The van der Waals surface area contributed by atoms with E-state index in [1.54, 1.807) is 0 Å². The minimum atomic E-state index is -0.0428. The monoisotopic (exact) mass is 296 g/mol. The second kappa shape index (κ2) is 6.97. The Labute approximate surface area is 131 Å². The molecule has 0 aromatic heterocycles. The molecule has 3 heteroatoms. The highest BCUT2D eigenvalue weighted by Gasteiger charge is 2.38. The van der Waals surface area contributed by atoms with Crippen molar-refractivity contribution in [3.8, 4) is 0 Å². The van der Waals surface area contributed by atoms with Crippen LogP contribution in [0.1, 0.15) is 72.6 Å². The summed E-state index contributed by atoms with van der Waals surface area (Å²) < 4.78 is 0. The molecule has 2 fully saturated rings. The molecule has 1 heterocycles. The van der Waals surface area contributed by atoms with Gasteiger partial charge in [-0.15, -0.1) is 0 Å². The van der Waals surface area contributed by atoms with Crippen LogP contribution in [0.3, 0.4) is 0 Å². The van der Waals surface area contributed by atoms with Crippen molar-refractivity contribution in [3.63, 3.8) is 0 Å². The van der Waals surface area contributed by atoms with Gasteiger partial charge in [0.15, 0.2) is 0 Å². The molecule has 1 saturated carbocycles. The van der Waals surface area contributed by atoms with Crippen molar-refractivity contribution < 1.29 is 5.11 Å². The number of rotatable bonds is 4. The van der Waals surface area contributed by atoms with Gasteiger partial charge in [-0.1, -0.05) is 27.7 Å². The maximum atomic E-state index is 9.96. The standard InChI is InChI=1S/C18H36N2O/c1-15(2)19-18(14-21)9-5-7-16(13-18)20-11-6-8-17(3,4)10-12-20/h15-16,19,21H,5-14H2,1-4H3. The number of aliphatic hydroxyl groups is 1. The second-order valence-electron chi connectivity index (χ2n) is 8.54. The van der Waals surface area contributed by atoms with Gasteiger partial charge < -0.3 is 15.3 Å². The van der Waals surface area contributed by atoms with E-state index in [0.717, 1.165) is 12.8 Å². The molecule has 0 bridgehead atoms. The molecule has 2 atom stereocenters. The van der Waals surface area contributed by atoms with E-state index in [2.05, 4.69) is 37.9 Å². The highest BCUT2D eigenvalue weighted by molar-refractivity contribution is 4.97. The molecule has 2 unspecified atom stereocenters. The minimum absolute atomic E-state index is 0.0428. The van der Waals surface area contributed by atoms with Gasteiger partial charge >= 0.3 is 0 Å². The van der Waals surface area contributed by atoms with Crippen LogP contribution in [0.15, 0.2) is 0 Å². The summed E-state index contributed by atoms with van der Waals surface area (Å²) in [5.41, 5.74) is 0.465. The first kappa shape index (κ1) is 17.2. The molecule has 0 spiro atoms. The van der Waals surface area contributed by atoms with Crippen LogP contribution >= 0.6 is 0 Å². The molecule has 1 aliphatic heterocycles. The Morgan fingerprint density at radius 1 is 1.14 bits per heavy atom. The zero-order chi connectivity index (χ0) is 15.5. The van der Waals surface area contributed by atoms with E-state index >= 15 is 0 Å². The van der Waals surface area contributed by atoms with Crippen LogP contribution in [0.5, 0.6) is 0 Å². The van der Waals surface area contributed by atoms with Gasteiger partial charge in [0.1, 0.15) is 0 Å². The van der Waals surface area contributed by atoms with E-state index in [1.807, 2.05) is 0 Å². The smallest absolute Gasteiger partial charge is 0.0613 e. The summed E-state index contributed by atoms with van der Waals surface area (Å²) in [6, 6.07) is 1.10. The van der Waals surface area contributed by atoms with E-state index in [4.69, 9.17) is 0 Å². The van der Waals surface area contributed by atoms with Gasteiger partial charge in [-0.3, -0.25) is 0 Å². The van der Waals surface area contributed by atoms with Crippen LogP contribution in [0.4, 0.5) is 0 Å². The predicted molar refractivity (Wildman–Crippen MR) is 89.5 cm³/mol. The van der Waals surface area contributed by atoms with Crippen molar-refractivity contribution in [1.82, 2.24) is 10.2 Å². The lowest BCUT2D eigenvalue weighted by Gasteiger charge is -2.45. The van der Waals surface area contributed by atoms with Crippen LogP contribution < -0.4 is 5.32 Å². The molecular weight excluding hydrogens is 260 g/mol. The van der Waals surface area contributed by atoms with E-state index < -0.39 is 0 Å². The third-order valence-electron chi connectivity index (χ3n) is 5.61. The highest BCUT2D eigenvalue weighted by Crippen LogP contribution is 2.35. The first-order valence-corrected chi connectivity index (χ1v) is 8.98. The van der Waals surface area contributed by atoms with Gasteiger partial charge in [-0.05, 0) is 63.5 Å². The minimum Gasteiger partial charge on any atom is -0.394 e. The molecule has 1 aliphatic carbocycles. The zero-order valence-corrected chi connectivity index (χ0v) is 14.6. The molecule has 0 aromatic carbocycles. The molecule has 2 N–H and O–H groups in total. The number of nitrogens with zero attached hydrogens (tertiary/aromatic N) is 1. The molecule has 2 rings (SSSR count). The summed E-state index contributed by atoms with van der Waals surface area (Å²) in [6.07, 6.45) is 8.78. The van der Waals surface area contributed by atoms with Crippen LogP contribution in [-0.4, -0.2) is 47.3 Å². The summed E-state index contributed by atoms with van der Waals surface area (Å²) in [6.45, 7) is 12.0. The average Bonchev–Trinajstić information content (AvgIpc) is 2.59. The van der Waals surface area contributed by atoms with Crippen molar-refractivity contribution in [2.24, 2.45) is 5.41 Å². The summed E-state index contributed by atoms with van der Waals surface area (Å²) in [4.78, 5) is 2.72. The first-order chi connectivity index (χ1) is 9.86. The first-order valence-electron chi connectivity index (χ1n) is 8.98. The summed E-state index contributed by atoms with van der Waals surface area (Å²) in [7, 11) is 0. The molecule has 0 aromatic rings. The summed E-state index contributed by atoms with van der Waals surface area (Å²) in [5, 5.41) is 13.6. The maximum Gasteiger partial charge on any atom is 0.0613 e. The van der Waals surface area contributed by atoms with E-state index in [9.17, 15) is 5.11 Å². The van der Waals surface area contributed by atoms with Gasteiger partial charge in [0.2, 0.25) is 0 Å². The topological polar surface area (TPSA) is 35.5 Å². The lowest BCUT2D eigenvalue weighted by Crippen LogP contribution is -2.57. The van der Waals surface area contributed by atoms with E-state index in [1.165, 1.54) is 45.2 Å². The summed E-state index contributed by atoms with van der Waals surface area (Å²) in [5.74, 6) is 0. The van der Waals surface area contributed by atoms with Crippen molar-refractivity contribution in [2.75, 3.05) is 19.7 Å². The van der Waals surface area contributed by atoms with Gasteiger partial charge in [0.25, 0.3) is 0 Å². The molecule has 3 nitrogen and oxygen atoms in total. The van der Waals surface area contributed by atoms with Crippen LogP contribution in [-0.2, 0) is 0 Å². The van der Waals surface area contributed by atoms with E-state index in [-0.39, 0.29) is 12.1 Å². The number of hydrogen-bond donors (Lipinski definition) is 2. The van der Waals surface area contributed by atoms with Crippen LogP contribution in [0.2, 0.25) is 0 Å². The van der Waals surface area contributed by atoms with Gasteiger partial charge in [0, 0.05) is 17.6 Å². The van der Waals surface area contributed by atoms with Crippen LogP contribution in [0.25, 0.3) is 0 Å². The van der Waals surface area contributed by atoms with Gasteiger partial charge in [0.05, 0.1) is 6.61 Å². The van der Waals surface area contributed by atoms with Gasteiger partial charge in [-0.2, -0.15) is 0 Å². The summed E-state index contributed by atoms with van der Waals surface area (Å²) >= 11 is 0. The fourth-order valence-electron chi connectivity index (χ4n) is 4.38. The number of hydrogen-bond acceptors (Lipinski definition) is 3. The Morgan fingerprint density at radius 3 is 2.57 bits per heavy atom. The maximum absolute atomic E-state index is 9.96. The Bertz CT molecular complexity index is 329. The molecule has 1 saturated heterocycles. The molecular formula is C18H36N2O. The Balaban J connectivity index is 1.99. The largest absolute Gasteiger partial charge is 0.394 e. The fourth-order valence-corrected chi connectivity index (χ4v) is 4.38. The van der Waals surface area contributed by atoms with Crippen molar-refractivity contribution >= 4 is 0 Å². The highest BCUT2D eigenvalue weighted by atomic mass is 16.3. The van der Waals surface area contributed by atoms with Gasteiger partial charge in [-0.25, -0.2) is 0 Å². The third-order valence-corrected chi connectivity index (χ3v) is 5.61. The Kier molecular flexibility index (Phi) is 5.72. The molecule has 21 heavy (non-hydrogen) atoms. The van der Waals surface area contributed by atoms with Crippen molar-refractivity contribution in [2.45, 2.75) is 90.3 Å². The lowest BCUT2D eigenvalue weighted by atomic mass is 9.78. The quantitative estimate of drug-likeness (QED) is 0.836. The Morgan fingerprint density at radius 2 is 1.90 bits per heavy atom. The lowest BCUT2D eigenvalue weighted by molar-refractivity contribution is 0.0544. The SMILES string of the molecule is CC(C)NC1(CO)CCCC(N2CCCC(C)(C)CC2)C1. The second-order valence-corrected chi connectivity index (χ2v) is 8.54. The molecule has 2 aliphatic rings. The number of likely N-dealkylation sites (tertiary alicyclic amines) is 1. The fraction of sp³-hybridized carbons (Fsp3) is 1.00. The van der Waals surface area contributed by atoms with Crippen LogP contribution in [0, 0.1) is 5.41 Å². The Hall–Kier alpha value is -0.120. The number of nitrogens with one attached hydrogen (secondary N) is 1. The predicted octanol–water partition coefficient (Wildman–Crippen LogP) is 3.17. The molecule has 0 amide bonds. The third kappa shape index (κ3) is 4.67. The zero-order valence-electron chi connectivity index (χ0n) is 14.6. The normalized spacial score (nSPS) is 34.9.